The first-order valence-electron chi connectivity index (χ1n) is 4.54. The van der Waals surface area contributed by atoms with E-state index in [-0.39, 0.29) is 0 Å². The number of hydrogen-bond acceptors (Lipinski definition) is 1. The van der Waals surface area contributed by atoms with Gasteiger partial charge in [0.1, 0.15) is 0 Å². The lowest BCUT2D eigenvalue weighted by atomic mass is 10.2. The summed E-state index contributed by atoms with van der Waals surface area (Å²) < 4.78 is 0. The third kappa shape index (κ3) is 2.52. The molecule has 0 saturated carbocycles. The van der Waals surface area contributed by atoms with Crippen LogP contribution >= 0.6 is 0 Å². The summed E-state index contributed by atoms with van der Waals surface area (Å²) in [4.78, 5) is 2.05. The summed E-state index contributed by atoms with van der Waals surface area (Å²) in [6, 6.07) is 11.4. The van der Waals surface area contributed by atoms with Crippen molar-refractivity contribution in [2.24, 2.45) is 0 Å². The quantitative estimate of drug-likeness (QED) is 0.491. The number of nitrogens with zero attached hydrogens (tertiary/aromatic N) is 1. The number of rotatable bonds is 2. The van der Waals surface area contributed by atoms with Crippen molar-refractivity contribution in [2.75, 3.05) is 11.4 Å². The molecule has 0 N–H and O–H groups in total. The monoisotopic (exact) mass is 173 g/mol. The molecule has 1 aromatic carbocycles. The molecule has 0 amide bonds. The van der Waals surface area contributed by atoms with Gasteiger partial charge in [-0.15, -0.1) is 0 Å². The first-order valence-corrected chi connectivity index (χ1v) is 4.54. The lowest BCUT2D eigenvalue weighted by molar-refractivity contribution is 1.04. The molecule has 0 spiro atoms. The van der Waals surface area contributed by atoms with Crippen LogP contribution in [0.25, 0.3) is 0 Å². The summed E-state index contributed by atoms with van der Waals surface area (Å²) in [6.07, 6.45) is 0. The van der Waals surface area contributed by atoms with E-state index in [4.69, 9.17) is 0 Å². The highest BCUT2D eigenvalue weighted by Gasteiger charge is 1.99. The normalized spacial score (nSPS) is 8.85. The first kappa shape index (κ1) is 9.67. The van der Waals surface area contributed by atoms with Gasteiger partial charge in [-0.25, -0.2) is 0 Å². The molecule has 0 atom stereocenters. The predicted molar refractivity (Wildman–Crippen MR) is 57.6 cm³/mol. The van der Waals surface area contributed by atoms with Crippen LogP contribution in [0.15, 0.2) is 24.3 Å². The second-order valence-corrected chi connectivity index (χ2v) is 2.95. The first-order chi connectivity index (χ1) is 6.27. The van der Waals surface area contributed by atoms with Gasteiger partial charge in [-0.1, -0.05) is 18.1 Å². The second-order valence-electron chi connectivity index (χ2n) is 2.95. The molecule has 0 fully saturated rings. The van der Waals surface area contributed by atoms with E-state index in [9.17, 15) is 0 Å². The number of benzene rings is 1. The van der Waals surface area contributed by atoms with Crippen LogP contribution in [-0.2, 0) is 0 Å². The lowest BCUT2D eigenvalue weighted by Crippen LogP contribution is -2.15. The van der Waals surface area contributed by atoms with E-state index in [1.54, 1.807) is 0 Å². The molecule has 1 nitrogen and oxygen atoms in total. The number of aryl methyl sites for hydroxylation is 1. The van der Waals surface area contributed by atoms with Gasteiger partial charge in [0.15, 0.2) is 0 Å². The van der Waals surface area contributed by atoms with E-state index in [1.165, 1.54) is 11.3 Å². The van der Waals surface area contributed by atoms with Gasteiger partial charge < -0.3 is 4.90 Å². The minimum Gasteiger partial charge on any atom is -0.302 e. The number of anilines is 1. The average molecular weight is 173 g/mol. The van der Waals surface area contributed by atoms with Gasteiger partial charge in [0, 0.05) is 18.3 Å². The minimum absolute atomic E-state index is 0.921. The summed E-state index contributed by atoms with van der Waals surface area (Å²) in [5.74, 6) is 2.91. The molecule has 0 saturated heterocycles. The third-order valence-electron chi connectivity index (χ3n) is 1.88. The van der Waals surface area contributed by atoms with Crippen LogP contribution in [0.1, 0.15) is 19.4 Å². The molecule has 0 radical (unpaired) electrons. The summed E-state index contributed by atoms with van der Waals surface area (Å²) in [7, 11) is 0. The van der Waals surface area contributed by atoms with E-state index in [0.29, 0.717) is 0 Å². The van der Waals surface area contributed by atoms with Gasteiger partial charge in [-0.05, 0) is 38.5 Å². The fourth-order valence-corrected chi connectivity index (χ4v) is 1.26. The van der Waals surface area contributed by atoms with Crippen LogP contribution in [-0.4, -0.2) is 6.54 Å². The fraction of sp³-hybridized carbons (Fsp3) is 0.333. The zero-order chi connectivity index (χ0) is 9.68. The standard InChI is InChI=1S/C12H15N/c1-4-9-13(5-2)12-8-6-7-11(3)10-12/h6-8,10H,5H2,1-3H3. The Morgan fingerprint density at radius 2 is 2.15 bits per heavy atom. The Morgan fingerprint density at radius 1 is 1.38 bits per heavy atom. The van der Waals surface area contributed by atoms with E-state index < -0.39 is 0 Å². The Hall–Kier alpha value is -1.42. The summed E-state index contributed by atoms with van der Waals surface area (Å²) >= 11 is 0. The maximum absolute atomic E-state index is 3.06. The van der Waals surface area contributed by atoms with E-state index in [1.807, 2.05) is 11.8 Å². The van der Waals surface area contributed by atoms with Crippen LogP contribution in [0, 0.1) is 18.9 Å². The van der Waals surface area contributed by atoms with Gasteiger partial charge in [0.05, 0.1) is 0 Å². The van der Waals surface area contributed by atoms with Crippen molar-refractivity contribution < 1.29 is 0 Å². The molecule has 1 aromatic rings. The van der Waals surface area contributed by atoms with Gasteiger partial charge in [-0.3, -0.25) is 0 Å². The van der Waals surface area contributed by atoms with E-state index in [0.717, 1.165) is 6.54 Å². The molecular formula is C12H15N. The molecule has 68 valence electrons. The van der Waals surface area contributed by atoms with Crippen LogP contribution < -0.4 is 4.90 Å². The Balaban J connectivity index is 2.95. The highest BCUT2D eigenvalue weighted by atomic mass is 15.1. The van der Waals surface area contributed by atoms with Crippen molar-refractivity contribution in [3.05, 3.63) is 29.8 Å². The molecule has 1 heteroatoms. The van der Waals surface area contributed by atoms with E-state index in [2.05, 4.69) is 50.1 Å². The minimum atomic E-state index is 0.921. The molecule has 0 heterocycles. The molecule has 0 bridgehead atoms. The van der Waals surface area contributed by atoms with E-state index >= 15 is 0 Å². The molecule has 0 aromatic heterocycles. The van der Waals surface area contributed by atoms with Crippen molar-refractivity contribution in [3.63, 3.8) is 0 Å². The summed E-state index contributed by atoms with van der Waals surface area (Å²) in [6.45, 7) is 6.98. The van der Waals surface area contributed by atoms with Gasteiger partial charge in [0.2, 0.25) is 0 Å². The van der Waals surface area contributed by atoms with Crippen LogP contribution in [0.3, 0.4) is 0 Å². The lowest BCUT2D eigenvalue weighted by Gasteiger charge is -2.15. The van der Waals surface area contributed by atoms with Crippen LogP contribution in [0.2, 0.25) is 0 Å². The topological polar surface area (TPSA) is 3.24 Å². The van der Waals surface area contributed by atoms with Crippen molar-refractivity contribution in [3.8, 4) is 12.0 Å². The van der Waals surface area contributed by atoms with Gasteiger partial charge in [-0.2, -0.15) is 0 Å². The highest BCUT2D eigenvalue weighted by Crippen LogP contribution is 2.14. The van der Waals surface area contributed by atoms with Gasteiger partial charge >= 0.3 is 0 Å². The van der Waals surface area contributed by atoms with Crippen molar-refractivity contribution in [2.45, 2.75) is 20.8 Å². The maximum atomic E-state index is 3.06. The Bertz CT molecular complexity index is 330. The highest BCUT2D eigenvalue weighted by molar-refractivity contribution is 5.52. The molecular weight excluding hydrogens is 158 g/mol. The molecule has 0 aliphatic carbocycles. The van der Waals surface area contributed by atoms with Crippen molar-refractivity contribution in [1.29, 1.82) is 0 Å². The van der Waals surface area contributed by atoms with Crippen molar-refractivity contribution in [1.82, 2.24) is 0 Å². The Labute approximate surface area is 80.4 Å². The zero-order valence-corrected chi connectivity index (χ0v) is 8.46. The molecule has 0 aliphatic rings. The smallest absolute Gasteiger partial charge is 0.0491 e. The fourth-order valence-electron chi connectivity index (χ4n) is 1.26. The molecule has 13 heavy (non-hydrogen) atoms. The SMILES string of the molecule is CC#CN(CC)c1cccc(C)c1. The second kappa shape index (κ2) is 4.57. The maximum Gasteiger partial charge on any atom is 0.0491 e. The molecule has 0 unspecified atom stereocenters. The molecule has 0 aliphatic heterocycles. The van der Waals surface area contributed by atoms with Crippen LogP contribution in [0.4, 0.5) is 5.69 Å². The zero-order valence-electron chi connectivity index (χ0n) is 8.46. The number of hydrogen-bond donors (Lipinski definition) is 0. The van der Waals surface area contributed by atoms with Crippen LogP contribution in [0.5, 0.6) is 0 Å². The summed E-state index contributed by atoms with van der Waals surface area (Å²) in [5.41, 5.74) is 2.45. The summed E-state index contributed by atoms with van der Waals surface area (Å²) in [5, 5.41) is 0. The van der Waals surface area contributed by atoms with Crippen molar-refractivity contribution >= 4 is 5.69 Å². The average Bonchev–Trinajstić information content (AvgIpc) is 2.14. The largest absolute Gasteiger partial charge is 0.302 e. The Kier molecular flexibility index (Phi) is 3.40. The predicted octanol–water partition coefficient (Wildman–Crippen LogP) is 2.80. The molecule has 1 rings (SSSR count). The van der Waals surface area contributed by atoms with Gasteiger partial charge in [0.25, 0.3) is 0 Å². The Morgan fingerprint density at radius 3 is 2.69 bits per heavy atom. The third-order valence-corrected chi connectivity index (χ3v) is 1.88.